The number of nitrogens with zero attached hydrogens (tertiary/aromatic N) is 6. The van der Waals surface area contributed by atoms with Crippen molar-refractivity contribution in [3.63, 3.8) is 0 Å². The molecule has 0 spiro atoms. The Bertz CT molecular complexity index is 2000. The summed E-state index contributed by atoms with van der Waals surface area (Å²) in [5, 5.41) is 7.85. The van der Waals surface area contributed by atoms with Crippen LogP contribution in [0.15, 0.2) is 60.9 Å². The Morgan fingerprint density at radius 3 is 2.51 bits per heavy atom. The maximum absolute atomic E-state index is 13.6. The molecule has 0 bridgehead atoms. The number of rotatable bonds is 9. The van der Waals surface area contributed by atoms with Crippen LogP contribution in [0.5, 0.6) is 5.75 Å². The summed E-state index contributed by atoms with van der Waals surface area (Å²) in [6.45, 7) is 2.75. The first kappa shape index (κ1) is 31.1. The molecule has 3 N–H and O–H groups in total. The highest BCUT2D eigenvalue weighted by Crippen LogP contribution is 2.36. The van der Waals surface area contributed by atoms with E-state index in [-0.39, 0.29) is 11.7 Å². The van der Waals surface area contributed by atoms with Crippen LogP contribution < -0.4 is 20.3 Å². The molecule has 3 aromatic heterocycles. The van der Waals surface area contributed by atoms with Gasteiger partial charge in [-0.05, 0) is 50.2 Å². The molecule has 0 atom stereocenters. The number of anilines is 5. The van der Waals surface area contributed by atoms with E-state index >= 15 is 0 Å². The number of hydrogen-bond donors (Lipinski definition) is 3. The van der Waals surface area contributed by atoms with Gasteiger partial charge in [0.25, 0.3) is 0 Å². The quantitative estimate of drug-likeness (QED) is 0.198. The fourth-order valence-corrected chi connectivity index (χ4v) is 7.41. The molecule has 7 rings (SSSR count). The van der Waals surface area contributed by atoms with Gasteiger partial charge in [-0.25, -0.2) is 12.4 Å². The summed E-state index contributed by atoms with van der Waals surface area (Å²) in [5.41, 5.74) is 2.65. The van der Waals surface area contributed by atoms with Crippen LogP contribution in [-0.4, -0.2) is 102 Å². The van der Waals surface area contributed by atoms with Gasteiger partial charge in [0.1, 0.15) is 11.5 Å². The van der Waals surface area contributed by atoms with Gasteiger partial charge < -0.3 is 30.2 Å². The van der Waals surface area contributed by atoms with Crippen LogP contribution in [0.1, 0.15) is 12.8 Å². The zero-order valence-electron chi connectivity index (χ0n) is 26.2. The first-order chi connectivity index (χ1) is 22.6. The Kier molecular flexibility index (Phi) is 8.36. The van der Waals surface area contributed by atoms with Crippen molar-refractivity contribution in [2.45, 2.75) is 25.5 Å². The molecule has 248 valence electrons. The van der Waals surface area contributed by atoms with Crippen LogP contribution in [0, 0.1) is 0 Å². The molecule has 47 heavy (non-hydrogen) atoms. The first-order valence-corrected chi connectivity index (χ1v) is 17.4. The second-order valence-electron chi connectivity index (χ2n) is 12.1. The van der Waals surface area contributed by atoms with E-state index in [1.807, 2.05) is 18.2 Å². The average molecular weight is 666 g/mol. The Morgan fingerprint density at radius 1 is 0.979 bits per heavy atom. The molecule has 0 amide bonds. The molecule has 2 aromatic carbocycles. The van der Waals surface area contributed by atoms with Crippen LogP contribution >= 0.6 is 0 Å². The number of aromatic nitrogens is 4. The first-order valence-electron chi connectivity index (χ1n) is 15.6. The van der Waals surface area contributed by atoms with Crippen LogP contribution in [-0.2, 0) is 10.0 Å². The number of piperidine rings is 1. The number of alkyl halides is 2. The van der Waals surface area contributed by atoms with Gasteiger partial charge in [0.2, 0.25) is 16.0 Å². The largest absolute Gasteiger partial charge is 0.433 e. The molecule has 2 fully saturated rings. The highest BCUT2D eigenvalue weighted by molar-refractivity contribution is 7.89. The van der Waals surface area contributed by atoms with E-state index in [0.717, 1.165) is 63.8 Å². The summed E-state index contributed by atoms with van der Waals surface area (Å²) in [6.07, 6.45) is 6.31. The predicted molar refractivity (Wildman–Crippen MR) is 180 cm³/mol. The number of aromatic amines is 1. The summed E-state index contributed by atoms with van der Waals surface area (Å²) >= 11 is 0. The van der Waals surface area contributed by atoms with Gasteiger partial charge in [-0.3, -0.25) is 4.90 Å². The molecular formula is C32H37F2N9O3S. The lowest BCUT2D eigenvalue weighted by molar-refractivity contribution is -0.0495. The molecule has 0 unspecified atom stereocenters. The number of benzene rings is 2. The molecular weight excluding hydrogens is 628 g/mol. The predicted octanol–water partition coefficient (Wildman–Crippen LogP) is 5.03. The number of fused-ring (bicyclic) bond motifs is 2. The van der Waals surface area contributed by atoms with Gasteiger partial charge in [0.05, 0.1) is 28.5 Å². The molecule has 2 aliphatic rings. The summed E-state index contributed by atoms with van der Waals surface area (Å²) in [7, 11) is -1.42. The van der Waals surface area contributed by atoms with Gasteiger partial charge in [0.15, 0.2) is 5.75 Å². The van der Waals surface area contributed by atoms with Crippen molar-refractivity contribution in [2.75, 3.05) is 68.1 Å². The Balaban J connectivity index is 1.14. The number of nitrogens with one attached hydrogen (secondary N) is 3. The van der Waals surface area contributed by atoms with Crippen LogP contribution in [0.25, 0.3) is 21.9 Å². The highest BCUT2D eigenvalue weighted by Gasteiger charge is 2.28. The van der Waals surface area contributed by atoms with E-state index in [1.54, 1.807) is 36.5 Å². The second kappa shape index (κ2) is 12.6. The summed E-state index contributed by atoms with van der Waals surface area (Å²) in [5.74, 6) is 0.712. The highest BCUT2D eigenvalue weighted by atomic mass is 32.2. The van der Waals surface area contributed by atoms with E-state index < -0.39 is 16.6 Å². The normalized spacial score (nSPS) is 17.2. The maximum atomic E-state index is 13.6. The second-order valence-corrected chi connectivity index (χ2v) is 14.0. The van der Waals surface area contributed by atoms with Crippen molar-refractivity contribution in [2.24, 2.45) is 0 Å². The minimum absolute atomic E-state index is 0.0792. The van der Waals surface area contributed by atoms with E-state index in [1.165, 1.54) is 10.2 Å². The van der Waals surface area contributed by atoms with Crippen LogP contribution in [0.4, 0.5) is 37.6 Å². The molecule has 15 heteroatoms. The zero-order valence-corrected chi connectivity index (χ0v) is 27.0. The molecule has 0 radical (unpaired) electrons. The summed E-state index contributed by atoms with van der Waals surface area (Å²) < 4.78 is 58.4. The Labute approximate surface area is 271 Å². The zero-order chi connectivity index (χ0) is 32.7. The lowest BCUT2D eigenvalue weighted by Gasteiger charge is -2.42. The number of halogens is 2. The molecule has 2 saturated heterocycles. The van der Waals surface area contributed by atoms with Gasteiger partial charge >= 0.3 is 6.61 Å². The molecule has 2 aliphatic heterocycles. The van der Waals surface area contributed by atoms with Crippen LogP contribution in [0.2, 0.25) is 0 Å². The third kappa shape index (κ3) is 6.55. The van der Waals surface area contributed by atoms with E-state index in [4.69, 9.17) is 4.74 Å². The maximum Gasteiger partial charge on any atom is 0.387 e. The van der Waals surface area contributed by atoms with Crippen LogP contribution in [0.3, 0.4) is 0 Å². The topological polar surface area (TPSA) is 124 Å². The monoisotopic (exact) mass is 665 g/mol. The third-order valence-electron chi connectivity index (χ3n) is 8.99. The third-order valence-corrected chi connectivity index (χ3v) is 10.0. The molecule has 5 heterocycles. The average Bonchev–Trinajstić information content (AvgIpc) is 3.70. The van der Waals surface area contributed by atoms with E-state index in [2.05, 4.69) is 47.3 Å². The Morgan fingerprint density at radius 2 is 1.77 bits per heavy atom. The van der Waals surface area contributed by atoms with Gasteiger partial charge in [-0.15, -0.1) is 0 Å². The lowest BCUT2D eigenvalue weighted by atomic mass is 10.0. The molecule has 0 saturated carbocycles. The summed E-state index contributed by atoms with van der Waals surface area (Å²) in [4.78, 5) is 19.4. The minimum atomic E-state index is -3.56. The number of hydrogen-bond acceptors (Lipinski definition) is 10. The van der Waals surface area contributed by atoms with Crippen molar-refractivity contribution in [1.82, 2.24) is 28.7 Å². The van der Waals surface area contributed by atoms with E-state index in [0.29, 0.717) is 45.5 Å². The number of piperazine rings is 1. The molecule has 12 nitrogen and oxygen atoms in total. The Hall–Kier alpha value is -4.47. The SMILES string of the molecule is CN1CCN(C2CCN(c3ccc(Nc4nc(Nc5cccc6ccn(S(C)(=O)=O)c56)c5cc[nH]c5n4)cc3OC(F)F)CC2)CC1. The van der Waals surface area contributed by atoms with Gasteiger partial charge in [-0.2, -0.15) is 18.7 Å². The fraction of sp³-hybridized carbons (Fsp3) is 0.375. The number of para-hydroxylation sites is 1. The number of likely N-dealkylation sites (N-methyl/N-ethyl adjacent to an activating group) is 1. The van der Waals surface area contributed by atoms with Crippen molar-refractivity contribution >= 4 is 60.8 Å². The van der Waals surface area contributed by atoms with Gasteiger partial charge in [0, 0.05) is 74.8 Å². The number of H-pyrrole nitrogens is 1. The van der Waals surface area contributed by atoms with Crippen molar-refractivity contribution in [1.29, 1.82) is 0 Å². The molecule has 5 aromatic rings. The van der Waals surface area contributed by atoms with E-state index in [9.17, 15) is 17.2 Å². The standard InChI is InChI=1S/C32H37F2N9O3S/c1-40-16-18-41(19-17-40)23-10-13-42(14-11-23)26-7-6-22(20-27(26)46-31(33)34)36-32-38-29-24(8-12-35-29)30(39-32)37-25-5-3-4-21-9-15-43(28(21)25)47(2,44)45/h3-9,12,15,20,23,31H,10-11,13-14,16-19H2,1-2H3,(H3,35,36,37,38,39). The number of ether oxygens (including phenoxy) is 1. The fourth-order valence-electron chi connectivity index (χ4n) is 6.59. The van der Waals surface area contributed by atoms with Crippen molar-refractivity contribution < 1.29 is 21.9 Å². The lowest BCUT2D eigenvalue weighted by Crippen LogP contribution is -2.52. The van der Waals surface area contributed by atoms with Gasteiger partial charge in [-0.1, -0.05) is 12.1 Å². The summed E-state index contributed by atoms with van der Waals surface area (Å²) in [6, 6.07) is 14.6. The molecule has 0 aliphatic carbocycles. The smallest absolute Gasteiger partial charge is 0.387 e. The van der Waals surface area contributed by atoms with Crippen molar-refractivity contribution in [3.8, 4) is 5.75 Å². The van der Waals surface area contributed by atoms with Crippen molar-refractivity contribution in [3.05, 3.63) is 60.9 Å². The minimum Gasteiger partial charge on any atom is -0.433 e.